The Morgan fingerprint density at radius 3 is 2.71 bits per heavy atom. The number of nitrogens with one attached hydrogen (secondary N) is 1. The number of carbonyl (C=O) groups is 2. The second-order valence-electron chi connectivity index (χ2n) is 5.44. The Morgan fingerprint density at radius 1 is 1.25 bits per heavy atom. The molecule has 0 aliphatic carbocycles. The standard InChI is InChI=1S/C16H18FN3O4/c17-11-2-1-3-12(15(11)19-5-8-24-9-6-19)18-13-10-14(22)20(4-7-21)16(13)23/h1-3,10,18,21H,4-9H2. The Kier molecular flexibility index (Phi) is 4.77. The van der Waals surface area contributed by atoms with Crippen LogP contribution in [0.4, 0.5) is 15.8 Å². The molecular weight excluding hydrogens is 317 g/mol. The van der Waals surface area contributed by atoms with Crippen molar-refractivity contribution in [1.82, 2.24) is 4.90 Å². The van der Waals surface area contributed by atoms with Gasteiger partial charge in [-0.05, 0) is 12.1 Å². The Balaban J connectivity index is 1.86. The summed E-state index contributed by atoms with van der Waals surface area (Å²) in [6.45, 7) is 1.70. The van der Waals surface area contributed by atoms with Crippen LogP contribution in [0.2, 0.25) is 0 Å². The molecule has 1 saturated heterocycles. The molecular formula is C16H18FN3O4. The van der Waals surface area contributed by atoms with Crippen LogP contribution in [0.25, 0.3) is 0 Å². The summed E-state index contributed by atoms with van der Waals surface area (Å²) < 4.78 is 19.6. The SMILES string of the molecule is O=C1C=C(Nc2cccc(F)c2N2CCOCC2)C(=O)N1CCO. The van der Waals surface area contributed by atoms with Gasteiger partial charge in [0.1, 0.15) is 11.5 Å². The van der Waals surface area contributed by atoms with Gasteiger partial charge in [-0.25, -0.2) is 4.39 Å². The van der Waals surface area contributed by atoms with E-state index in [1.807, 2.05) is 4.90 Å². The summed E-state index contributed by atoms with van der Waals surface area (Å²) in [6, 6.07) is 4.54. The predicted molar refractivity (Wildman–Crippen MR) is 84.9 cm³/mol. The molecule has 0 aromatic heterocycles. The number of hydrogen-bond acceptors (Lipinski definition) is 6. The minimum Gasteiger partial charge on any atom is -0.395 e. The molecule has 0 bridgehead atoms. The number of imide groups is 1. The summed E-state index contributed by atoms with van der Waals surface area (Å²) in [5.41, 5.74) is 0.825. The third kappa shape index (κ3) is 3.10. The van der Waals surface area contributed by atoms with E-state index in [0.29, 0.717) is 37.7 Å². The van der Waals surface area contributed by atoms with Crippen LogP contribution in [0.1, 0.15) is 0 Å². The summed E-state index contributed by atoms with van der Waals surface area (Å²) in [7, 11) is 0. The molecule has 1 aromatic rings. The average Bonchev–Trinajstić information content (AvgIpc) is 2.84. The van der Waals surface area contributed by atoms with Gasteiger partial charge in [-0.1, -0.05) is 6.07 Å². The zero-order valence-corrected chi connectivity index (χ0v) is 13.0. The van der Waals surface area contributed by atoms with Gasteiger partial charge in [0.2, 0.25) is 0 Å². The lowest BCUT2D eigenvalue weighted by molar-refractivity contribution is -0.137. The van der Waals surface area contributed by atoms with Crippen LogP contribution in [-0.4, -0.2) is 61.3 Å². The molecule has 0 saturated carbocycles. The van der Waals surface area contributed by atoms with Crippen LogP contribution in [0, 0.1) is 5.82 Å². The molecule has 24 heavy (non-hydrogen) atoms. The van der Waals surface area contributed by atoms with Gasteiger partial charge < -0.3 is 20.1 Å². The van der Waals surface area contributed by atoms with Crippen molar-refractivity contribution in [2.45, 2.75) is 0 Å². The van der Waals surface area contributed by atoms with Crippen molar-refractivity contribution in [2.75, 3.05) is 49.7 Å². The van der Waals surface area contributed by atoms with E-state index in [9.17, 15) is 14.0 Å². The van der Waals surface area contributed by atoms with E-state index in [1.54, 1.807) is 6.07 Å². The number of rotatable bonds is 5. The zero-order valence-electron chi connectivity index (χ0n) is 13.0. The molecule has 2 aliphatic rings. The largest absolute Gasteiger partial charge is 0.395 e. The van der Waals surface area contributed by atoms with E-state index >= 15 is 0 Å². The Labute approximate surface area is 138 Å². The maximum absolute atomic E-state index is 14.3. The molecule has 3 rings (SSSR count). The molecule has 1 aromatic carbocycles. The highest BCUT2D eigenvalue weighted by Crippen LogP contribution is 2.31. The van der Waals surface area contributed by atoms with Gasteiger partial charge in [-0.15, -0.1) is 0 Å². The van der Waals surface area contributed by atoms with E-state index in [1.165, 1.54) is 12.1 Å². The van der Waals surface area contributed by atoms with Crippen LogP contribution >= 0.6 is 0 Å². The number of β-amino-alcohol motifs (C(OH)–C–C–N with tert-alkyl or cyclic N) is 1. The predicted octanol–water partition coefficient (Wildman–Crippen LogP) is 0.319. The number of para-hydroxylation sites is 1. The number of anilines is 2. The van der Waals surface area contributed by atoms with Crippen molar-refractivity contribution in [3.05, 3.63) is 35.8 Å². The fourth-order valence-electron chi connectivity index (χ4n) is 2.78. The molecule has 128 valence electrons. The van der Waals surface area contributed by atoms with E-state index in [4.69, 9.17) is 9.84 Å². The van der Waals surface area contributed by atoms with Crippen molar-refractivity contribution in [1.29, 1.82) is 0 Å². The van der Waals surface area contributed by atoms with Crippen molar-refractivity contribution >= 4 is 23.2 Å². The molecule has 0 atom stereocenters. The van der Waals surface area contributed by atoms with Crippen molar-refractivity contribution < 1.29 is 23.8 Å². The number of amides is 2. The first-order chi connectivity index (χ1) is 11.6. The van der Waals surface area contributed by atoms with Crippen LogP contribution in [0.5, 0.6) is 0 Å². The van der Waals surface area contributed by atoms with E-state index in [-0.39, 0.29) is 18.8 Å². The summed E-state index contributed by atoms with van der Waals surface area (Å²) in [5.74, 6) is -1.45. The van der Waals surface area contributed by atoms with Crippen LogP contribution in [0.3, 0.4) is 0 Å². The van der Waals surface area contributed by atoms with Gasteiger partial charge in [-0.2, -0.15) is 0 Å². The molecule has 8 heteroatoms. The normalized spacial score (nSPS) is 18.2. The average molecular weight is 335 g/mol. The van der Waals surface area contributed by atoms with Gasteiger partial charge in [-0.3, -0.25) is 14.5 Å². The molecule has 2 heterocycles. The van der Waals surface area contributed by atoms with Gasteiger partial charge >= 0.3 is 0 Å². The number of ether oxygens (including phenoxy) is 1. The lowest BCUT2D eigenvalue weighted by Gasteiger charge is -2.31. The smallest absolute Gasteiger partial charge is 0.277 e. The fraction of sp³-hybridized carbons (Fsp3) is 0.375. The summed E-state index contributed by atoms with van der Waals surface area (Å²) in [5, 5.41) is 11.8. The number of nitrogens with zero attached hydrogens (tertiary/aromatic N) is 2. The molecule has 2 N–H and O–H groups in total. The van der Waals surface area contributed by atoms with Crippen molar-refractivity contribution in [2.24, 2.45) is 0 Å². The molecule has 2 aliphatic heterocycles. The Morgan fingerprint density at radius 2 is 2.00 bits per heavy atom. The fourth-order valence-corrected chi connectivity index (χ4v) is 2.78. The summed E-state index contributed by atoms with van der Waals surface area (Å²) in [6.07, 6.45) is 1.16. The van der Waals surface area contributed by atoms with E-state index < -0.39 is 17.6 Å². The topological polar surface area (TPSA) is 82.1 Å². The molecule has 7 nitrogen and oxygen atoms in total. The van der Waals surface area contributed by atoms with Crippen LogP contribution < -0.4 is 10.2 Å². The highest BCUT2D eigenvalue weighted by molar-refractivity contribution is 6.17. The van der Waals surface area contributed by atoms with Gasteiger partial charge in [0, 0.05) is 19.2 Å². The number of carbonyl (C=O) groups excluding carboxylic acids is 2. The quantitative estimate of drug-likeness (QED) is 0.754. The minimum atomic E-state index is -0.536. The van der Waals surface area contributed by atoms with E-state index in [2.05, 4.69) is 5.32 Å². The second-order valence-corrected chi connectivity index (χ2v) is 5.44. The van der Waals surface area contributed by atoms with Gasteiger partial charge in [0.05, 0.1) is 37.7 Å². The molecule has 0 spiro atoms. The number of aliphatic hydroxyl groups is 1. The third-order valence-electron chi connectivity index (χ3n) is 3.92. The van der Waals surface area contributed by atoms with Crippen molar-refractivity contribution in [3.63, 3.8) is 0 Å². The number of benzene rings is 1. The second kappa shape index (κ2) is 6.98. The minimum absolute atomic E-state index is 0.0635. The number of morpholine rings is 1. The number of aliphatic hydroxyl groups excluding tert-OH is 1. The Hall–Kier alpha value is -2.45. The first-order valence-corrected chi connectivity index (χ1v) is 7.68. The first-order valence-electron chi connectivity index (χ1n) is 7.68. The third-order valence-corrected chi connectivity index (χ3v) is 3.92. The maximum atomic E-state index is 14.3. The molecule has 0 radical (unpaired) electrons. The summed E-state index contributed by atoms with van der Waals surface area (Å²) >= 11 is 0. The van der Waals surface area contributed by atoms with Crippen molar-refractivity contribution in [3.8, 4) is 0 Å². The molecule has 2 amide bonds. The first kappa shape index (κ1) is 16.4. The molecule has 0 unspecified atom stereocenters. The van der Waals surface area contributed by atoms with Crippen LogP contribution in [-0.2, 0) is 14.3 Å². The van der Waals surface area contributed by atoms with Crippen LogP contribution in [0.15, 0.2) is 30.0 Å². The summed E-state index contributed by atoms with van der Waals surface area (Å²) in [4.78, 5) is 26.8. The Bertz CT molecular complexity index is 686. The number of hydrogen-bond donors (Lipinski definition) is 2. The lowest BCUT2D eigenvalue weighted by Crippen LogP contribution is -2.37. The lowest BCUT2D eigenvalue weighted by atomic mass is 10.2. The zero-order chi connectivity index (χ0) is 17.1. The highest BCUT2D eigenvalue weighted by atomic mass is 19.1. The highest BCUT2D eigenvalue weighted by Gasteiger charge is 2.31. The monoisotopic (exact) mass is 335 g/mol. The van der Waals surface area contributed by atoms with E-state index in [0.717, 1.165) is 11.0 Å². The van der Waals surface area contributed by atoms with Gasteiger partial charge in [0.25, 0.3) is 11.8 Å². The number of halogens is 1. The van der Waals surface area contributed by atoms with Gasteiger partial charge in [0.15, 0.2) is 0 Å². The maximum Gasteiger partial charge on any atom is 0.277 e. The molecule has 1 fully saturated rings.